The van der Waals surface area contributed by atoms with Crippen LogP contribution in [0.5, 0.6) is 5.75 Å². The highest BCUT2D eigenvalue weighted by molar-refractivity contribution is 14.0. The van der Waals surface area contributed by atoms with E-state index in [1.54, 1.807) is 14.2 Å². The maximum Gasteiger partial charge on any atom is 0.191 e. The molecular weight excluding hydrogens is 433 g/mol. The van der Waals surface area contributed by atoms with Crippen molar-refractivity contribution < 1.29 is 14.2 Å². The van der Waals surface area contributed by atoms with E-state index in [1.807, 2.05) is 12.1 Å². The summed E-state index contributed by atoms with van der Waals surface area (Å²) in [4.78, 5) is 4.32. The van der Waals surface area contributed by atoms with Gasteiger partial charge < -0.3 is 24.8 Å². The van der Waals surface area contributed by atoms with E-state index >= 15 is 0 Å². The minimum Gasteiger partial charge on any atom is -0.491 e. The van der Waals surface area contributed by atoms with Crippen molar-refractivity contribution in [2.75, 3.05) is 27.4 Å². The van der Waals surface area contributed by atoms with Crippen molar-refractivity contribution in [2.24, 2.45) is 4.99 Å². The van der Waals surface area contributed by atoms with Crippen molar-refractivity contribution in [1.82, 2.24) is 10.6 Å². The maximum absolute atomic E-state index is 5.88. The van der Waals surface area contributed by atoms with E-state index < -0.39 is 0 Å². The molecule has 7 heteroatoms. The molecule has 2 aliphatic rings. The normalized spacial score (nSPS) is 24.7. The lowest BCUT2D eigenvalue weighted by molar-refractivity contribution is 0.0992. The molecule has 3 atom stereocenters. The number of rotatable bonds is 7. The van der Waals surface area contributed by atoms with Gasteiger partial charge in [-0.1, -0.05) is 12.1 Å². The topological polar surface area (TPSA) is 64.1 Å². The second-order valence-corrected chi connectivity index (χ2v) is 6.27. The predicted octanol–water partition coefficient (Wildman–Crippen LogP) is 2.31. The summed E-state index contributed by atoms with van der Waals surface area (Å²) < 4.78 is 16.4. The van der Waals surface area contributed by atoms with E-state index in [2.05, 4.69) is 27.8 Å². The third-order valence-corrected chi connectivity index (χ3v) is 4.59. The number of ether oxygens (including phenoxy) is 3. The molecule has 2 fully saturated rings. The lowest BCUT2D eigenvalue weighted by atomic mass is 9.96. The highest BCUT2D eigenvalue weighted by Gasteiger charge is 2.41. The number of guanidine groups is 1. The van der Waals surface area contributed by atoms with Crippen molar-refractivity contribution >= 4 is 29.9 Å². The fourth-order valence-electron chi connectivity index (χ4n) is 3.29. The number of fused-ring (bicyclic) bond motifs is 2. The van der Waals surface area contributed by atoms with Gasteiger partial charge in [-0.2, -0.15) is 0 Å². The molecule has 0 aliphatic carbocycles. The molecule has 0 saturated carbocycles. The van der Waals surface area contributed by atoms with Gasteiger partial charge in [0.15, 0.2) is 5.96 Å². The van der Waals surface area contributed by atoms with Crippen molar-refractivity contribution in [3.8, 4) is 5.75 Å². The Balaban J connectivity index is 0.00000225. The molecule has 140 valence electrons. The van der Waals surface area contributed by atoms with Gasteiger partial charge in [-0.15, -0.1) is 24.0 Å². The first-order chi connectivity index (χ1) is 11.8. The summed E-state index contributed by atoms with van der Waals surface area (Å²) in [6.07, 6.45) is 4.23. The zero-order valence-corrected chi connectivity index (χ0v) is 17.2. The molecule has 2 N–H and O–H groups in total. The van der Waals surface area contributed by atoms with Crippen LogP contribution in [0.3, 0.4) is 0 Å². The van der Waals surface area contributed by atoms with Gasteiger partial charge in [0.05, 0.1) is 24.9 Å². The number of benzene rings is 1. The fraction of sp³-hybridized carbons (Fsp3) is 0.611. The van der Waals surface area contributed by atoms with Crippen LogP contribution in [-0.2, 0) is 16.0 Å². The Hall–Kier alpha value is -1.06. The van der Waals surface area contributed by atoms with Crippen LogP contribution in [0, 0.1) is 0 Å². The van der Waals surface area contributed by atoms with Crippen molar-refractivity contribution in [1.29, 1.82) is 0 Å². The molecular formula is C18H28IN3O3. The summed E-state index contributed by atoms with van der Waals surface area (Å²) in [5, 5.41) is 6.85. The van der Waals surface area contributed by atoms with Gasteiger partial charge in [0.25, 0.3) is 0 Å². The second-order valence-electron chi connectivity index (χ2n) is 6.27. The monoisotopic (exact) mass is 461 g/mol. The van der Waals surface area contributed by atoms with Gasteiger partial charge in [0.1, 0.15) is 12.4 Å². The van der Waals surface area contributed by atoms with Gasteiger partial charge in [0, 0.05) is 20.7 Å². The summed E-state index contributed by atoms with van der Waals surface area (Å²) in [5.41, 5.74) is 1.18. The lowest BCUT2D eigenvalue weighted by Crippen LogP contribution is -2.47. The summed E-state index contributed by atoms with van der Waals surface area (Å²) >= 11 is 0. The Morgan fingerprint density at radius 3 is 2.64 bits per heavy atom. The first-order valence-corrected chi connectivity index (χ1v) is 8.62. The van der Waals surface area contributed by atoms with Crippen LogP contribution in [-0.4, -0.2) is 51.6 Å². The summed E-state index contributed by atoms with van der Waals surface area (Å²) in [7, 11) is 3.47. The number of aliphatic imine (C=N–C) groups is 1. The highest BCUT2D eigenvalue weighted by atomic mass is 127. The van der Waals surface area contributed by atoms with E-state index in [-0.39, 0.29) is 24.0 Å². The van der Waals surface area contributed by atoms with Crippen LogP contribution < -0.4 is 15.4 Å². The average molecular weight is 461 g/mol. The molecule has 0 spiro atoms. The average Bonchev–Trinajstić information content (AvgIpc) is 3.23. The van der Waals surface area contributed by atoms with Crippen LogP contribution in [0.4, 0.5) is 0 Å². The standard InChI is InChI=1S/C18H27N3O3.HI/c1-19-18(21-16-11-15-7-8-17(16)24-15)20-12-13-3-5-14(6-4-13)23-10-9-22-2;/h3-6,15-17H,7-12H2,1-2H3,(H2,19,20,21);1H. The Morgan fingerprint density at radius 1 is 1.24 bits per heavy atom. The summed E-state index contributed by atoms with van der Waals surface area (Å²) in [6.45, 7) is 1.88. The van der Waals surface area contributed by atoms with Gasteiger partial charge in [-0.3, -0.25) is 4.99 Å². The lowest BCUT2D eigenvalue weighted by Gasteiger charge is -2.22. The van der Waals surface area contributed by atoms with Gasteiger partial charge in [-0.05, 0) is 37.0 Å². The highest BCUT2D eigenvalue weighted by Crippen LogP contribution is 2.34. The molecule has 25 heavy (non-hydrogen) atoms. The van der Waals surface area contributed by atoms with Crippen molar-refractivity contribution in [3.63, 3.8) is 0 Å². The van der Waals surface area contributed by atoms with E-state index in [0.29, 0.717) is 31.5 Å². The van der Waals surface area contributed by atoms with Crippen LogP contribution >= 0.6 is 24.0 Å². The predicted molar refractivity (Wildman–Crippen MR) is 109 cm³/mol. The second kappa shape index (κ2) is 10.2. The molecule has 0 amide bonds. The number of nitrogens with zero attached hydrogens (tertiary/aromatic N) is 1. The molecule has 6 nitrogen and oxygen atoms in total. The number of hydrogen-bond donors (Lipinski definition) is 2. The van der Waals surface area contributed by atoms with E-state index in [1.165, 1.54) is 12.0 Å². The zero-order valence-electron chi connectivity index (χ0n) is 14.9. The molecule has 1 aromatic rings. The van der Waals surface area contributed by atoms with E-state index in [4.69, 9.17) is 14.2 Å². The van der Waals surface area contributed by atoms with Crippen molar-refractivity contribution in [2.45, 2.75) is 44.1 Å². The smallest absolute Gasteiger partial charge is 0.191 e. The van der Waals surface area contributed by atoms with Gasteiger partial charge in [0.2, 0.25) is 0 Å². The minimum absolute atomic E-state index is 0. The van der Waals surface area contributed by atoms with Gasteiger partial charge in [-0.25, -0.2) is 0 Å². The number of halogens is 1. The molecule has 2 saturated heterocycles. The molecule has 2 heterocycles. The SMILES string of the molecule is CN=C(NCc1ccc(OCCOC)cc1)NC1CC2CCC1O2.I. The zero-order chi connectivity index (χ0) is 16.8. The van der Waals surface area contributed by atoms with Gasteiger partial charge >= 0.3 is 0 Å². The van der Waals surface area contributed by atoms with Crippen LogP contribution in [0.2, 0.25) is 0 Å². The molecule has 3 rings (SSSR count). The van der Waals surface area contributed by atoms with Crippen LogP contribution in [0.15, 0.2) is 29.3 Å². The number of hydrogen-bond acceptors (Lipinski definition) is 4. The summed E-state index contributed by atoms with van der Waals surface area (Å²) in [6, 6.07) is 8.46. The third kappa shape index (κ3) is 5.72. The summed E-state index contributed by atoms with van der Waals surface area (Å²) in [5.74, 6) is 1.69. The number of methoxy groups -OCH3 is 1. The largest absolute Gasteiger partial charge is 0.491 e. The van der Waals surface area contributed by atoms with Crippen LogP contribution in [0.1, 0.15) is 24.8 Å². The Morgan fingerprint density at radius 2 is 2.04 bits per heavy atom. The third-order valence-electron chi connectivity index (χ3n) is 4.59. The minimum atomic E-state index is 0. The maximum atomic E-state index is 5.88. The van der Waals surface area contributed by atoms with Crippen molar-refractivity contribution in [3.05, 3.63) is 29.8 Å². The van der Waals surface area contributed by atoms with Crippen LogP contribution in [0.25, 0.3) is 0 Å². The molecule has 2 bridgehead atoms. The molecule has 0 aromatic heterocycles. The number of nitrogens with one attached hydrogen (secondary N) is 2. The Labute approximate surface area is 166 Å². The quantitative estimate of drug-likeness (QED) is 0.283. The first-order valence-electron chi connectivity index (χ1n) is 8.62. The molecule has 2 aliphatic heterocycles. The fourth-order valence-corrected chi connectivity index (χ4v) is 3.29. The first kappa shape index (κ1) is 20.3. The van der Waals surface area contributed by atoms with E-state index in [9.17, 15) is 0 Å². The molecule has 0 radical (unpaired) electrons. The molecule has 1 aromatic carbocycles. The Kier molecular flexibility index (Phi) is 8.25. The van der Waals surface area contributed by atoms with E-state index in [0.717, 1.165) is 31.1 Å². The molecule has 3 unspecified atom stereocenters. The Bertz CT molecular complexity index is 553.